The van der Waals surface area contributed by atoms with Crippen molar-refractivity contribution in [1.82, 2.24) is 15.0 Å². The molecule has 114 valence electrons. The van der Waals surface area contributed by atoms with Crippen LogP contribution in [0.3, 0.4) is 0 Å². The van der Waals surface area contributed by atoms with Crippen molar-refractivity contribution in [2.24, 2.45) is 0 Å². The van der Waals surface area contributed by atoms with E-state index in [0.29, 0.717) is 18.4 Å². The van der Waals surface area contributed by atoms with E-state index in [9.17, 15) is 5.11 Å². The second-order valence-electron chi connectivity index (χ2n) is 4.44. The fourth-order valence-corrected chi connectivity index (χ4v) is 1.68. The lowest BCUT2D eigenvalue weighted by atomic mass is 10.3. The lowest BCUT2D eigenvalue weighted by Crippen LogP contribution is -2.30. The van der Waals surface area contributed by atoms with Gasteiger partial charge in [-0.2, -0.15) is 15.0 Å². The monoisotopic (exact) mass is 283 g/mol. The van der Waals surface area contributed by atoms with E-state index < -0.39 is 0 Å². The number of hydrogen-bond acceptors (Lipinski definition) is 7. The third-order valence-corrected chi connectivity index (χ3v) is 2.75. The molecule has 0 aliphatic rings. The van der Waals surface area contributed by atoms with Gasteiger partial charge in [-0.25, -0.2) is 0 Å². The van der Waals surface area contributed by atoms with Crippen LogP contribution in [0.5, 0.6) is 6.01 Å². The number of aromatic nitrogens is 3. The van der Waals surface area contributed by atoms with Gasteiger partial charge in [0.2, 0.25) is 11.9 Å². The summed E-state index contributed by atoms with van der Waals surface area (Å²) in [6.07, 6.45) is 3.08. The van der Waals surface area contributed by atoms with Gasteiger partial charge in [0, 0.05) is 19.6 Å². The van der Waals surface area contributed by atoms with Crippen molar-refractivity contribution in [3.63, 3.8) is 0 Å². The normalized spacial score (nSPS) is 10.4. The van der Waals surface area contributed by atoms with E-state index in [1.54, 1.807) is 0 Å². The molecule has 0 aliphatic carbocycles. The number of aliphatic hydroxyl groups is 1. The molecule has 0 atom stereocenters. The summed E-state index contributed by atoms with van der Waals surface area (Å²) in [7, 11) is 1.53. The number of nitrogens with zero attached hydrogens (tertiary/aromatic N) is 4. The molecule has 1 aromatic rings. The SMILES string of the molecule is CCCCN(CCO)c1nc(NCCC)nc(OC)n1. The average Bonchev–Trinajstić information content (AvgIpc) is 2.49. The molecule has 0 saturated heterocycles. The van der Waals surface area contributed by atoms with Gasteiger partial charge >= 0.3 is 6.01 Å². The molecular weight excluding hydrogens is 258 g/mol. The Kier molecular flexibility index (Phi) is 7.64. The van der Waals surface area contributed by atoms with Gasteiger partial charge in [-0.15, -0.1) is 0 Å². The lowest BCUT2D eigenvalue weighted by molar-refractivity contribution is 0.300. The Morgan fingerprint density at radius 3 is 2.55 bits per heavy atom. The molecule has 0 amide bonds. The predicted octanol–water partition coefficient (Wildman–Crippen LogP) is 1.30. The maximum Gasteiger partial charge on any atom is 0.322 e. The molecule has 1 aromatic heterocycles. The van der Waals surface area contributed by atoms with Crippen LogP contribution in [-0.2, 0) is 0 Å². The molecule has 0 unspecified atom stereocenters. The molecule has 0 fully saturated rings. The topological polar surface area (TPSA) is 83.4 Å². The van der Waals surface area contributed by atoms with Crippen molar-refractivity contribution in [1.29, 1.82) is 0 Å². The van der Waals surface area contributed by atoms with Gasteiger partial charge in [-0.05, 0) is 12.8 Å². The summed E-state index contributed by atoms with van der Waals surface area (Å²) in [5.74, 6) is 1.05. The molecule has 0 radical (unpaired) electrons. The number of hydrogen-bond donors (Lipinski definition) is 2. The third kappa shape index (κ3) is 5.16. The molecule has 1 heterocycles. The summed E-state index contributed by atoms with van der Waals surface area (Å²) >= 11 is 0. The van der Waals surface area contributed by atoms with Crippen LogP contribution in [0.15, 0.2) is 0 Å². The van der Waals surface area contributed by atoms with Gasteiger partial charge in [0.15, 0.2) is 0 Å². The van der Waals surface area contributed by atoms with E-state index in [4.69, 9.17) is 4.74 Å². The van der Waals surface area contributed by atoms with Crippen molar-refractivity contribution in [2.45, 2.75) is 33.1 Å². The Bertz CT molecular complexity index is 389. The smallest absolute Gasteiger partial charge is 0.322 e. The minimum absolute atomic E-state index is 0.0649. The van der Waals surface area contributed by atoms with Crippen LogP contribution in [0, 0.1) is 0 Å². The van der Waals surface area contributed by atoms with E-state index in [1.807, 2.05) is 4.90 Å². The molecule has 20 heavy (non-hydrogen) atoms. The molecule has 0 spiro atoms. The molecular formula is C13H25N5O2. The van der Waals surface area contributed by atoms with Crippen LogP contribution in [0.25, 0.3) is 0 Å². The first-order chi connectivity index (χ1) is 9.74. The van der Waals surface area contributed by atoms with Crippen LogP contribution in [-0.4, -0.2) is 53.4 Å². The van der Waals surface area contributed by atoms with Gasteiger partial charge in [0.1, 0.15) is 0 Å². The molecule has 1 rings (SSSR count). The Labute approximate surface area is 120 Å². The zero-order valence-electron chi connectivity index (χ0n) is 12.6. The van der Waals surface area contributed by atoms with Gasteiger partial charge in [0.05, 0.1) is 13.7 Å². The summed E-state index contributed by atoms with van der Waals surface area (Å²) in [6.45, 7) is 6.36. The number of nitrogens with one attached hydrogen (secondary N) is 1. The highest BCUT2D eigenvalue weighted by atomic mass is 16.5. The second kappa shape index (κ2) is 9.30. The number of rotatable bonds is 10. The maximum atomic E-state index is 9.17. The van der Waals surface area contributed by atoms with Gasteiger partial charge in [0.25, 0.3) is 0 Å². The largest absolute Gasteiger partial charge is 0.467 e. The Morgan fingerprint density at radius 2 is 1.95 bits per heavy atom. The van der Waals surface area contributed by atoms with Gasteiger partial charge < -0.3 is 20.1 Å². The van der Waals surface area contributed by atoms with E-state index in [0.717, 1.165) is 32.4 Å². The van der Waals surface area contributed by atoms with E-state index >= 15 is 0 Å². The summed E-state index contributed by atoms with van der Waals surface area (Å²) in [6, 6.07) is 0.285. The third-order valence-electron chi connectivity index (χ3n) is 2.75. The quantitative estimate of drug-likeness (QED) is 0.669. The van der Waals surface area contributed by atoms with Crippen LogP contribution < -0.4 is 15.0 Å². The molecule has 0 aromatic carbocycles. The van der Waals surface area contributed by atoms with Crippen molar-refractivity contribution in [3.8, 4) is 6.01 Å². The Balaban J connectivity index is 2.92. The molecule has 7 heteroatoms. The molecule has 7 nitrogen and oxygen atoms in total. The van der Waals surface area contributed by atoms with Crippen LogP contribution >= 0.6 is 0 Å². The van der Waals surface area contributed by atoms with Crippen LogP contribution in [0.1, 0.15) is 33.1 Å². The summed E-state index contributed by atoms with van der Waals surface area (Å²) < 4.78 is 5.12. The van der Waals surface area contributed by atoms with Crippen molar-refractivity contribution < 1.29 is 9.84 Å². The summed E-state index contributed by atoms with van der Waals surface area (Å²) in [5, 5.41) is 12.3. The fraction of sp³-hybridized carbons (Fsp3) is 0.769. The first-order valence-corrected chi connectivity index (χ1v) is 7.14. The molecule has 0 bridgehead atoms. The number of aliphatic hydroxyl groups excluding tert-OH is 1. The van der Waals surface area contributed by atoms with Crippen molar-refractivity contribution in [3.05, 3.63) is 0 Å². The highest BCUT2D eigenvalue weighted by Gasteiger charge is 2.13. The maximum absolute atomic E-state index is 9.17. The summed E-state index contributed by atoms with van der Waals surface area (Å²) in [5.41, 5.74) is 0. The first kappa shape index (κ1) is 16.4. The molecule has 0 aliphatic heterocycles. The number of anilines is 2. The highest BCUT2D eigenvalue weighted by Crippen LogP contribution is 2.15. The first-order valence-electron chi connectivity index (χ1n) is 7.14. The standard InChI is InChI=1S/C13H25N5O2/c1-4-6-8-18(9-10-19)12-15-11(14-7-5-2)16-13(17-12)20-3/h19H,4-10H2,1-3H3,(H,14,15,16,17). The summed E-state index contributed by atoms with van der Waals surface area (Å²) in [4.78, 5) is 14.8. The van der Waals surface area contributed by atoms with E-state index in [-0.39, 0.29) is 12.6 Å². The van der Waals surface area contributed by atoms with Crippen molar-refractivity contribution in [2.75, 3.05) is 43.6 Å². The zero-order chi connectivity index (χ0) is 14.8. The van der Waals surface area contributed by atoms with Gasteiger partial charge in [-0.3, -0.25) is 0 Å². The van der Waals surface area contributed by atoms with Gasteiger partial charge in [-0.1, -0.05) is 20.3 Å². The number of methoxy groups -OCH3 is 1. The predicted molar refractivity (Wildman–Crippen MR) is 79.4 cm³/mol. The lowest BCUT2D eigenvalue weighted by Gasteiger charge is -2.22. The molecule has 0 saturated carbocycles. The Hall–Kier alpha value is -1.63. The molecule has 2 N–H and O–H groups in total. The highest BCUT2D eigenvalue weighted by molar-refractivity contribution is 5.38. The van der Waals surface area contributed by atoms with E-state index in [2.05, 4.69) is 34.1 Å². The zero-order valence-corrected chi connectivity index (χ0v) is 12.6. The minimum atomic E-state index is 0.0649. The van der Waals surface area contributed by atoms with Crippen LogP contribution in [0.4, 0.5) is 11.9 Å². The van der Waals surface area contributed by atoms with Crippen LogP contribution in [0.2, 0.25) is 0 Å². The minimum Gasteiger partial charge on any atom is -0.467 e. The second-order valence-corrected chi connectivity index (χ2v) is 4.44. The number of ether oxygens (including phenoxy) is 1. The number of unbranched alkanes of at least 4 members (excludes halogenated alkanes) is 1. The Morgan fingerprint density at radius 1 is 1.15 bits per heavy atom. The fourth-order valence-electron chi connectivity index (χ4n) is 1.68. The van der Waals surface area contributed by atoms with E-state index in [1.165, 1.54) is 7.11 Å². The van der Waals surface area contributed by atoms with Crippen molar-refractivity contribution >= 4 is 11.9 Å². The average molecular weight is 283 g/mol.